The lowest BCUT2D eigenvalue weighted by atomic mass is 10.2. The number of carbonyl (C=O) groups excluding carboxylic acids is 1. The Bertz CT molecular complexity index is 645. The van der Waals surface area contributed by atoms with Gasteiger partial charge >= 0.3 is 0 Å². The van der Waals surface area contributed by atoms with Gasteiger partial charge in [-0.05, 0) is 58.7 Å². The molecule has 0 spiro atoms. The Kier molecular flexibility index (Phi) is 4.22. The molecule has 0 bridgehead atoms. The number of aryl methyl sites for hydroxylation is 1. The maximum absolute atomic E-state index is 13.0. The van der Waals surface area contributed by atoms with Gasteiger partial charge in [-0.3, -0.25) is 4.79 Å². The third-order valence-corrected chi connectivity index (χ3v) is 3.53. The van der Waals surface area contributed by atoms with Crippen LogP contribution in [0.2, 0.25) is 5.02 Å². The molecule has 98 valence electrons. The van der Waals surface area contributed by atoms with Crippen LogP contribution >= 0.6 is 27.5 Å². The highest BCUT2D eigenvalue weighted by atomic mass is 79.9. The third kappa shape index (κ3) is 3.33. The topological polar surface area (TPSA) is 29.1 Å². The first kappa shape index (κ1) is 14.0. The molecule has 0 unspecified atom stereocenters. The molecule has 5 heteroatoms. The molecule has 0 aliphatic heterocycles. The van der Waals surface area contributed by atoms with Gasteiger partial charge in [0, 0.05) is 4.47 Å². The molecule has 0 fully saturated rings. The zero-order valence-electron chi connectivity index (χ0n) is 10.0. The summed E-state index contributed by atoms with van der Waals surface area (Å²) in [5, 5.41) is 3.16. The van der Waals surface area contributed by atoms with Crippen LogP contribution in [0.1, 0.15) is 15.9 Å². The number of rotatable bonds is 2. The van der Waals surface area contributed by atoms with Gasteiger partial charge in [0.15, 0.2) is 0 Å². The Morgan fingerprint density at radius 3 is 2.68 bits per heavy atom. The molecular formula is C14H10BrClFNO. The summed E-state index contributed by atoms with van der Waals surface area (Å²) in [7, 11) is 0. The van der Waals surface area contributed by atoms with E-state index >= 15 is 0 Å². The van der Waals surface area contributed by atoms with Gasteiger partial charge in [-0.1, -0.05) is 17.7 Å². The van der Waals surface area contributed by atoms with E-state index in [0.717, 1.165) is 5.56 Å². The highest BCUT2D eigenvalue weighted by molar-refractivity contribution is 9.10. The van der Waals surface area contributed by atoms with Crippen molar-refractivity contribution in [3.05, 3.63) is 62.8 Å². The predicted molar refractivity (Wildman–Crippen MR) is 78.2 cm³/mol. The molecular weight excluding hydrogens is 333 g/mol. The van der Waals surface area contributed by atoms with E-state index in [1.54, 1.807) is 12.1 Å². The molecule has 0 atom stereocenters. The third-order valence-electron chi connectivity index (χ3n) is 2.55. The van der Waals surface area contributed by atoms with Crippen LogP contribution in [-0.4, -0.2) is 5.91 Å². The predicted octanol–water partition coefficient (Wildman–Crippen LogP) is 4.80. The van der Waals surface area contributed by atoms with Crippen molar-refractivity contribution in [3.63, 3.8) is 0 Å². The van der Waals surface area contributed by atoms with Crippen LogP contribution in [0.25, 0.3) is 0 Å². The molecule has 0 radical (unpaired) electrons. The van der Waals surface area contributed by atoms with Crippen molar-refractivity contribution < 1.29 is 9.18 Å². The van der Waals surface area contributed by atoms with Gasteiger partial charge in [0.25, 0.3) is 5.91 Å². The van der Waals surface area contributed by atoms with E-state index < -0.39 is 5.82 Å². The molecule has 0 heterocycles. The summed E-state index contributed by atoms with van der Waals surface area (Å²) in [4.78, 5) is 12.1. The Morgan fingerprint density at radius 2 is 2.00 bits per heavy atom. The Balaban J connectivity index is 2.28. The lowest BCUT2D eigenvalue weighted by molar-refractivity contribution is 0.102. The van der Waals surface area contributed by atoms with E-state index in [1.165, 1.54) is 18.2 Å². The van der Waals surface area contributed by atoms with E-state index in [1.807, 2.05) is 13.0 Å². The molecule has 1 N–H and O–H groups in total. The van der Waals surface area contributed by atoms with Crippen LogP contribution in [0.15, 0.2) is 40.9 Å². The number of carbonyl (C=O) groups is 1. The largest absolute Gasteiger partial charge is 0.321 e. The quantitative estimate of drug-likeness (QED) is 0.834. The second-order valence-corrected chi connectivity index (χ2v) is 5.32. The minimum atomic E-state index is -0.406. The zero-order valence-corrected chi connectivity index (χ0v) is 12.3. The van der Waals surface area contributed by atoms with E-state index in [0.29, 0.717) is 20.7 Å². The second kappa shape index (κ2) is 5.72. The summed E-state index contributed by atoms with van der Waals surface area (Å²) in [6, 6.07) is 9.23. The minimum Gasteiger partial charge on any atom is -0.321 e. The fraction of sp³-hybridized carbons (Fsp3) is 0.0714. The fourth-order valence-corrected chi connectivity index (χ4v) is 2.29. The van der Waals surface area contributed by atoms with Crippen molar-refractivity contribution in [2.45, 2.75) is 6.92 Å². The van der Waals surface area contributed by atoms with Gasteiger partial charge in [-0.2, -0.15) is 0 Å². The SMILES string of the molecule is Cc1ccc(Cl)c(NC(=O)c2ccc(F)cc2Br)c1. The van der Waals surface area contributed by atoms with Crippen LogP contribution in [0.5, 0.6) is 0 Å². The van der Waals surface area contributed by atoms with Crippen LogP contribution in [0, 0.1) is 12.7 Å². The van der Waals surface area contributed by atoms with Gasteiger partial charge in [0.05, 0.1) is 16.3 Å². The van der Waals surface area contributed by atoms with Gasteiger partial charge in [-0.15, -0.1) is 0 Å². The van der Waals surface area contributed by atoms with Crippen LogP contribution < -0.4 is 5.32 Å². The first-order valence-electron chi connectivity index (χ1n) is 5.50. The number of anilines is 1. The molecule has 0 aromatic heterocycles. The summed E-state index contributed by atoms with van der Waals surface area (Å²) in [5.74, 6) is -0.753. The lowest BCUT2D eigenvalue weighted by Gasteiger charge is -2.09. The zero-order chi connectivity index (χ0) is 14.0. The van der Waals surface area contributed by atoms with Crippen LogP contribution in [0.4, 0.5) is 10.1 Å². The molecule has 19 heavy (non-hydrogen) atoms. The summed E-state index contributed by atoms with van der Waals surface area (Å²) in [6.45, 7) is 1.90. The monoisotopic (exact) mass is 341 g/mol. The molecule has 0 aliphatic carbocycles. The lowest BCUT2D eigenvalue weighted by Crippen LogP contribution is -2.13. The molecule has 0 saturated heterocycles. The van der Waals surface area contributed by atoms with E-state index in [-0.39, 0.29) is 5.91 Å². The summed E-state index contributed by atoms with van der Waals surface area (Å²) in [6.07, 6.45) is 0. The highest BCUT2D eigenvalue weighted by Crippen LogP contribution is 2.25. The minimum absolute atomic E-state index is 0.346. The number of benzene rings is 2. The average Bonchev–Trinajstić information content (AvgIpc) is 2.33. The summed E-state index contributed by atoms with van der Waals surface area (Å²) < 4.78 is 13.4. The molecule has 0 saturated carbocycles. The fourth-order valence-electron chi connectivity index (χ4n) is 1.60. The standard InChI is InChI=1S/C14H10BrClFNO/c1-8-2-5-12(16)13(6-8)18-14(19)10-4-3-9(17)7-11(10)15/h2-7H,1H3,(H,18,19). The second-order valence-electron chi connectivity index (χ2n) is 4.06. The van der Waals surface area contributed by atoms with Crippen molar-refractivity contribution in [1.82, 2.24) is 0 Å². The molecule has 2 nitrogen and oxygen atoms in total. The molecule has 1 amide bonds. The maximum atomic E-state index is 13.0. The molecule has 2 rings (SSSR count). The molecule has 2 aromatic rings. The van der Waals surface area contributed by atoms with Gasteiger partial charge in [0.2, 0.25) is 0 Å². The van der Waals surface area contributed by atoms with Crippen molar-refractivity contribution in [3.8, 4) is 0 Å². The Hall–Kier alpha value is -1.39. The van der Waals surface area contributed by atoms with Crippen LogP contribution in [-0.2, 0) is 0 Å². The Labute approximate surface area is 123 Å². The van der Waals surface area contributed by atoms with E-state index in [2.05, 4.69) is 21.2 Å². The summed E-state index contributed by atoms with van der Waals surface area (Å²) in [5.41, 5.74) is 1.86. The Morgan fingerprint density at radius 1 is 1.26 bits per heavy atom. The highest BCUT2D eigenvalue weighted by Gasteiger charge is 2.12. The molecule has 0 aliphatic rings. The van der Waals surface area contributed by atoms with Crippen molar-refractivity contribution in [2.75, 3.05) is 5.32 Å². The maximum Gasteiger partial charge on any atom is 0.256 e. The molecule has 2 aromatic carbocycles. The first-order chi connectivity index (χ1) is 8.97. The number of amides is 1. The summed E-state index contributed by atoms with van der Waals surface area (Å²) >= 11 is 9.17. The first-order valence-corrected chi connectivity index (χ1v) is 6.67. The normalized spacial score (nSPS) is 10.3. The van der Waals surface area contributed by atoms with Crippen molar-refractivity contribution in [1.29, 1.82) is 0 Å². The number of nitrogens with one attached hydrogen (secondary N) is 1. The van der Waals surface area contributed by atoms with Gasteiger partial charge in [0.1, 0.15) is 5.82 Å². The average molecular weight is 343 g/mol. The van der Waals surface area contributed by atoms with Crippen molar-refractivity contribution in [2.24, 2.45) is 0 Å². The van der Waals surface area contributed by atoms with E-state index in [4.69, 9.17) is 11.6 Å². The smallest absolute Gasteiger partial charge is 0.256 e. The van der Waals surface area contributed by atoms with Gasteiger partial charge < -0.3 is 5.32 Å². The number of hydrogen-bond donors (Lipinski definition) is 1. The van der Waals surface area contributed by atoms with Crippen LogP contribution in [0.3, 0.4) is 0 Å². The van der Waals surface area contributed by atoms with Gasteiger partial charge in [-0.25, -0.2) is 4.39 Å². The van der Waals surface area contributed by atoms with Crippen molar-refractivity contribution >= 4 is 39.1 Å². The number of hydrogen-bond acceptors (Lipinski definition) is 1. The van der Waals surface area contributed by atoms with E-state index in [9.17, 15) is 9.18 Å². The number of halogens is 3.